The number of aliphatic hydroxyl groups is 1. The number of amides is 1. The molecule has 5 nitrogen and oxygen atoms in total. The fourth-order valence-corrected chi connectivity index (χ4v) is 2.21. The second-order valence-electron chi connectivity index (χ2n) is 4.52. The molecule has 0 unspecified atom stereocenters. The molecule has 20 heavy (non-hydrogen) atoms. The quantitative estimate of drug-likeness (QED) is 0.909. The largest absolute Gasteiger partial charge is 0.392 e. The number of anilines is 1. The summed E-state index contributed by atoms with van der Waals surface area (Å²) in [6.45, 7) is 3.66. The van der Waals surface area contributed by atoms with Crippen LogP contribution in [0.2, 0.25) is 5.02 Å². The van der Waals surface area contributed by atoms with Crippen LogP contribution >= 0.6 is 11.6 Å². The predicted octanol–water partition coefficient (Wildman–Crippen LogP) is 2.28. The van der Waals surface area contributed by atoms with E-state index in [0.29, 0.717) is 10.7 Å². The number of carbonyl (C=O) groups excluding carboxylic acids is 1. The van der Waals surface area contributed by atoms with E-state index in [-0.39, 0.29) is 19.1 Å². The van der Waals surface area contributed by atoms with Crippen molar-refractivity contribution in [3.05, 3.63) is 46.2 Å². The second-order valence-corrected chi connectivity index (χ2v) is 4.96. The molecule has 0 aliphatic heterocycles. The van der Waals surface area contributed by atoms with E-state index in [1.807, 2.05) is 13.8 Å². The lowest BCUT2D eigenvalue weighted by atomic mass is 10.2. The first kappa shape index (κ1) is 14.6. The van der Waals surface area contributed by atoms with Gasteiger partial charge in [-0.3, -0.25) is 9.48 Å². The Kier molecular flexibility index (Phi) is 4.42. The van der Waals surface area contributed by atoms with Crippen LogP contribution in [-0.4, -0.2) is 20.8 Å². The number of aromatic nitrogens is 2. The maximum atomic E-state index is 12.0. The van der Waals surface area contributed by atoms with Crippen LogP contribution in [0.25, 0.3) is 0 Å². The van der Waals surface area contributed by atoms with Gasteiger partial charge in [0.1, 0.15) is 6.54 Å². The molecular weight excluding hydrogens is 278 g/mol. The number of aliphatic hydroxyl groups excluding tert-OH is 1. The number of hydrogen-bond acceptors (Lipinski definition) is 3. The van der Waals surface area contributed by atoms with Gasteiger partial charge in [-0.15, -0.1) is 0 Å². The molecule has 2 N–H and O–H groups in total. The van der Waals surface area contributed by atoms with Crippen LogP contribution in [0.4, 0.5) is 5.69 Å². The highest BCUT2D eigenvalue weighted by atomic mass is 35.5. The Labute approximate surface area is 122 Å². The van der Waals surface area contributed by atoms with Crippen molar-refractivity contribution in [1.29, 1.82) is 0 Å². The normalized spacial score (nSPS) is 10.6. The van der Waals surface area contributed by atoms with E-state index in [1.54, 1.807) is 28.9 Å². The van der Waals surface area contributed by atoms with Crippen LogP contribution in [-0.2, 0) is 17.9 Å². The zero-order chi connectivity index (χ0) is 14.7. The first-order valence-electron chi connectivity index (χ1n) is 6.20. The van der Waals surface area contributed by atoms with Crippen LogP contribution in [0.5, 0.6) is 0 Å². The number of nitrogens with zero attached hydrogens (tertiary/aromatic N) is 2. The molecule has 0 aliphatic rings. The summed E-state index contributed by atoms with van der Waals surface area (Å²) in [5.74, 6) is -0.192. The number of rotatable bonds is 4. The minimum absolute atomic E-state index is 0.0758. The lowest BCUT2D eigenvalue weighted by molar-refractivity contribution is -0.116. The van der Waals surface area contributed by atoms with Gasteiger partial charge in [0.05, 0.1) is 12.3 Å². The van der Waals surface area contributed by atoms with Crippen molar-refractivity contribution in [1.82, 2.24) is 9.78 Å². The van der Waals surface area contributed by atoms with E-state index >= 15 is 0 Å². The van der Waals surface area contributed by atoms with Crippen molar-refractivity contribution < 1.29 is 9.90 Å². The monoisotopic (exact) mass is 293 g/mol. The van der Waals surface area contributed by atoms with Crippen LogP contribution in [0.1, 0.15) is 17.0 Å². The zero-order valence-corrected chi connectivity index (χ0v) is 12.1. The standard InChI is InChI=1S/C14H16ClN3O2/c1-9-13(8-19)10(2)18(17-9)7-14(20)16-12-5-3-4-11(15)6-12/h3-6,19H,7-8H2,1-2H3,(H,16,20). The average molecular weight is 294 g/mol. The molecule has 2 aromatic rings. The van der Waals surface area contributed by atoms with Gasteiger partial charge in [-0.25, -0.2) is 0 Å². The van der Waals surface area contributed by atoms with Crippen molar-refractivity contribution in [3.8, 4) is 0 Å². The third-order valence-electron chi connectivity index (χ3n) is 3.09. The highest BCUT2D eigenvalue weighted by molar-refractivity contribution is 6.30. The van der Waals surface area contributed by atoms with Crippen molar-refractivity contribution in [3.63, 3.8) is 0 Å². The maximum absolute atomic E-state index is 12.0. The summed E-state index contributed by atoms with van der Waals surface area (Å²) in [7, 11) is 0. The van der Waals surface area contributed by atoms with Gasteiger partial charge >= 0.3 is 0 Å². The first-order valence-corrected chi connectivity index (χ1v) is 6.58. The lowest BCUT2D eigenvalue weighted by Gasteiger charge is -2.07. The summed E-state index contributed by atoms with van der Waals surface area (Å²) in [5, 5.41) is 16.8. The fourth-order valence-electron chi connectivity index (χ4n) is 2.02. The van der Waals surface area contributed by atoms with Crippen LogP contribution in [0, 0.1) is 13.8 Å². The third kappa shape index (κ3) is 3.18. The van der Waals surface area contributed by atoms with Crippen LogP contribution < -0.4 is 5.32 Å². The number of hydrogen-bond donors (Lipinski definition) is 2. The molecule has 0 saturated carbocycles. The van der Waals surface area contributed by atoms with Gasteiger partial charge < -0.3 is 10.4 Å². The lowest BCUT2D eigenvalue weighted by Crippen LogP contribution is -2.20. The predicted molar refractivity (Wildman–Crippen MR) is 77.7 cm³/mol. The van der Waals surface area contributed by atoms with Crippen molar-refractivity contribution in [2.24, 2.45) is 0 Å². The van der Waals surface area contributed by atoms with Gasteiger partial charge in [-0.1, -0.05) is 17.7 Å². The smallest absolute Gasteiger partial charge is 0.246 e. The minimum Gasteiger partial charge on any atom is -0.392 e. The topological polar surface area (TPSA) is 67.2 Å². The van der Waals surface area contributed by atoms with Crippen LogP contribution in [0.3, 0.4) is 0 Å². The average Bonchev–Trinajstić information content (AvgIpc) is 2.63. The second kappa shape index (κ2) is 6.07. The van der Waals surface area contributed by atoms with Crippen LogP contribution in [0.15, 0.2) is 24.3 Å². The Bertz CT molecular complexity index is 637. The molecule has 0 saturated heterocycles. The summed E-state index contributed by atoms with van der Waals surface area (Å²) in [5.41, 5.74) is 2.94. The van der Waals surface area contributed by atoms with E-state index in [0.717, 1.165) is 17.0 Å². The number of carbonyl (C=O) groups is 1. The minimum atomic E-state index is -0.192. The fraction of sp³-hybridized carbons (Fsp3) is 0.286. The van der Waals surface area contributed by atoms with Crippen molar-refractivity contribution >= 4 is 23.2 Å². The van der Waals surface area contributed by atoms with Gasteiger partial charge in [0.15, 0.2) is 0 Å². The number of halogens is 1. The Morgan fingerprint density at radius 2 is 2.20 bits per heavy atom. The molecule has 1 amide bonds. The Hall–Kier alpha value is -1.85. The number of benzene rings is 1. The SMILES string of the molecule is Cc1nn(CC(=O)Nc2cccc(Cl)c2)c(C)c1CO. The summed E-state index contributed by atoms with van der Waals surface area (Å²) in [6, 6.07) is 6.96. The summed E-state index contributed by atoms with van der Waals surface area (Å²) >= 11 is 5.86. The molecule has 1 aromatic carbocycles. The Balaban J connectivity index is 2.09. The van der Waals surface area contributed by atoms with Gasteiger partial charge in [-0.2, -0.15) is 5.10 Å². The Morgan fingerprint density at radius 1 is 1.45 bits per heavy atom. The van der Waals surface area contributed by atoms with E-state index in [1.165, 1.54) is 0 Å². The molecule has 106 valence electrons. The van der Waals surface area contributed by atoms with Gasteiger partial charge in [0.25, 0.3) is 0 Å². The molecule has 6 heteroatoms. The summed E-state index contributed by atoms with van der Waals surface area (Å²) in [4.78, 5) is 12.0. The van der Waals surface area contributed by atoms with Gasteiger partial charge in [-0.05, 0) is 32.0 Å². The van der Waals surface area contributed by atoms with E-state index in [2.05, 4.69) is 10.4 Å². The van der Waals surface area contributed by atoms with E-state index < -0.39 is 0 Å². The van der Waals surface area contributed by atoms with E-state index in [9.17, 15) is 9.90 Å². The highest BCUT2D eigenvalue weighted by Gasteiger charge is 2.13. The summed E-state index contributed by atoms with van der Waals surface area (Å²) < 4.78 is 1.58. The summed E-state index contributed by atoms with van der Waals surface area (Å²) in [6.07, 6.45) is 0. The van der Waals surface area contributed by atoms with Gasteiger partial charge in [0, 0.05) is 22.0 Å². The molecular formula is C14H16ClN3O2. The highest BCUT2D eigenvalue weighted by Crippen LogP contribution is 2.16. The molecule has 1 heterocycles. The zero-order valence-electron chi connectivity index (χ0n) is 11.4. The molecule has 0 bridgehead atoms. The van der Waals surface area contributed by atoms with Crippen molar-refractivity contribution in [2.75, 3.05) is 5.32 Å². The molecule has 0 spiro atoms. The molecule has 0 atom stereocenters. The molecule has 0 radical (unpaired) electrons. The number of nitrogens with one attached hydrogen (secondary N) is 1. The molecule has 1 aromatic heterocycles. The number of aryl methyl sites for hydroxylation is 1. The van der Waals surface area contributed by atoms with Crippen molar-refractivity contribution in [2.45, 2.75) is 27.0 Å². The third-order valence-corrected chi connectivity index (χ3v) is 3.33. The molecule has 0 aliphatic carbocycles. The Morgan fingerprint density at radius 3 is 2.80 bits per heavy atom. The maximum Gasteiger partial charge on any atom is 0.246 e. The first-order chi connectivity index (χ1) is 9.51. The molecule has 0 fully saturated rings. The van der Waals surface area contributed by atoms with E-state index in [4.69, 9.17) is 11.6 Å². The van der Waals surface area contributed by atoms with Gasteiger partial charge in [0.2, 0.25) is 5.91 Å². The molecule has 2 rings (SSSR count).